The van der Waals surface area contributed by atoms with Crippen molar-refractivity contribution >= 4 is 21.6 Å². The average molecular weight is 287 g/mol. The Morgan fingerprint density at radius 3 is 2.47 bits per heavy atom. The van der Waals surface area contributed by atoms with Gasteiger partial charge in [-0.15, -0.1) is 0 Å². The van der Waals surface area contributed by atoms with Crippen molar-refractivity contribution in [1.82, 2.24) is 4.72 Å². The van der Waals surface area contributed by atoms with Crippen molar-refractivity contribution in [3.05, 3.63) is 24.3 Å². The molecule has 0 heterocycles. The summed E-state index contributed by atoms with van der Waals surface area (Å²) in [6.45, 7) is 2.91. The summed E-state index contributed by atoms with van der Waals surface area (Å²) in [5.74, 6) is 0. The molecule has 0 bridgehead atoms. The molecule has 0 radical (unpaired) electrons. The van der Waals surface area contributed by atoms with E-state index in [-0.39, 0.29) is 6.54 Å². The van der Waals surface area contributed by atoms with Crippen LogP contribution >= 0.6 is 0 Å². The average Bonchev–Trinajstić information content (AvgIpc) is 2.37. The zero-order valence-corrected chi connectivity index (χ0v) is 12.1. The number of benzene rings is 1. The molecule has 0 spiro atoms. The van der Waals surface area contributed by atoms with E-state index in [2.05, 4.69) is 4.72 Å². The number of rotatable bonds is 8. The van der Waals surface area contributed by atoms with Crippen LogP contribution < -0.4 is 14.8 Å². The van der Waals surface area contributed by atoms with Gasteiger partial charge in [-0.05, 0) is 30.7 Å². The Bertz CT molecular complexity index is 473. The van der Waals surface area contributed by atoms with Crippen molar-refractivity contribution in [2.75, 3.05) is 36.8 Å². The van der Waals surface area contributed by atoms with Gasteiger partial charge in [0, 0.05) is 25.9 Å². The molecule has 0 fully saturated rings. The van der Waals surface area contributed by atoms with Crippen molar-refractivity contribution in [3.63, 3.8) is 0 Å². The molecule has 1 aromatic carbocycles. The van der Waals surface area contributed by atoms with E-state index in [0.29, 0.717) is 24.5 Å². The van der Waals surface area contributed by atoms with Gasteiger partial charge < -0.3 is 10.5 Å². The van der Waals surface area contributed by atoms with E-state index in [1.54, 1.807) is 24.3 Å². The molecule has 3 N–H and O–H groups in total. The number of nitrogen functional groups attached to an aromatic ring is 1. The fraction of sp³-hybridized carbons (Fsp3) is 0.500. The van der Waals surface area contributed by atoms with Gasteiger partial charge in [-0.25, -0.2) is 0 Å². The van der Waals surface area contributed by atoms with Gasteiger partial charge in [0.1, 0.15) is 0 Å². The van der Waals surface area contributed by atoms with Gasteiger partial charge in [-0.2, -0.15) is 13.1 Å². The van der Waals surface area contributed by atoms with Crippen LogP contribution in [0.1, 0.15) is 13.3 Å². The second-order valence-electron chi connectivity index (χ2n) is 4.06. The SMILES string of the molecule is CCCN(c1ccc(N)cc1)S(=O)(=O)NCCOC. The molecular formula is C12H21N3O3S. The molecule has 0 saturated carbocycles. The van der Waals surface area contributed by atoms with Crippen molar-refractivity contribution in [2.24, 2.45) is 0 Å². The van der Waals surface area contributed by atoms with Gasteiger partial charge in [0.2, 0.25) is 0 Å². The van der Waals surface area contributed by atoms with Crippen LogP contribution in [0, 0.1) is 0 Å². The van der Waals surface area contributed by atoms with Crippen molar-refractivity contribution < 1.29 is 13.2 Å². The fourth-order valence-corrected chi connectivity index (χ4v) is 2.90. The Balaban J connectivity index is 2.89. The van der Waals surface area contributed by atoms with Crippen molar-refractivity contribution in [1.29, 1.82) is 0 Å². The smallest absolute Gasteiger partial charge is 0.301 e. The van der Waals surface area contributed by atoms with E-state index in [1.807, 2.05) is 6.92 Å². The Morgan fingerprint density at radius 2 is 1.95 bits per heavy atom. The number of nitrogens with one attached hydrogen (secondary N) is 1. The number of hydrogen-bond donors (Lipinski definition) is 2. The van der Waals surface area contributed by atoms with E-state index in [4.69, 9.17) is 10.5 Å². The summed E-state index contributed by atoms with van der Waals surface area (Å²) in [4.78, 5) is 0. The largest absolute Gasteiger partial charge is 0.399 e. The lowest BCUT2D eigenvalue weighted by atomic mass is 10.3. The van der Waals surface area contributed by atoms with Gasteiger partial charge in [0.05, 0.1) is 12.3 Å². The van der Waals surface area contributed by atoms with Gasteiger partial charge in [0.15, 0.2) is 0 Å². The van der Waals surface area contributed by atoms with Gasteiger partial charge >= 0.3 is 10.2 Å². The molecule has 0 aliphatic heterocycles. The minimum absolute atomic E-state index is 0.244. The fourth-order valence-electron chi connectivity index (χ4n) is 1.58. The highest BCUT2D eigenvalue weighted by Crippen LogP contribution is 2.19. The van der Waals surface area contributed by atoms with Crippen LogP contribution in [0.2, 0.25) is 0 Å². The molecule has 7 heteroatoms. The maximum absolute atomic E-state index is 12.2. The van der Waals surface area contributed by atoms with Crippen molar-refractivity contribution in [2.45, 2.75) is 13.3 Å². The molecule has 0 atom stereocenters. The van der Waals surface area contributed by atoms with Gasteiger partial charge in [0.25, 0.3) is 0 Å². The molecule has 0 saturated heterocycles. The monoisotopic (exact) mass is 287 g/mol. The normalized spacial score (nSPS) is 11.5. The molecule has 6 nitrogen and oxygen atoms in total. The second kappa shape index (κ2) is 7.32. The highest BCUT2D eigenvalue weighted by atomic mass is 32.2. The summed E-state index contributed by atoms with van der Waals surface area (Å²) in [7, 11) is -2.03. The minimum Gasteiger partial charge on any atom is -0.399 e. The number of nitrogens with zero attached hydrogens (tertiary/aromatic N) is 1. The Kier molecular flexibility index (Phi) is 6.07. The van der Waals surface area contributed by atoms with E-state index in [1.165, 1.54) is 11.4 Å². The predicted molar refractivity (Wildman–Crippen MR) is 77.3 cm³/mol. The first-order valence-electron chi connectivity index (χ1n) is 6.13. The van der Waals surface area contributed by atoms with E-state index in [9.17, 15) is 8.42 Å². The molecule has 0 unspecified atom stereocenters. The first kappa shape index (κ1) is 15.7. The second-order valence-corrected chi connectivity index (χ2v) is 5.74. The lowest BCUT2D eigenvalue weighted by Gasteiger charge is -2.24. The highest BCUT2D eigenvalue weighted by Gasteiger charge is 2.20. The van der Waals surface area contributed by atoms with Gasteiger partial charge in [-0.3, -0.25) is 4.31 Å². The number of anilines is 2. The quantitative estimate of drug-likeness (QED) is 0.551. The molecule has 19 heavy (non-hydrogen) atoms. The topological polar surface area (TPSA) is 84.7 Å². The van der Waals surface area contributed by atoms with Gasteiger partial charge in [-0.1, -0.05) is 6.92 Å². The maximum Gasteiger partial charge on any atom is 0.301 e. The predicted octanol–water partition coefficient (Wildman–Crippen LogP) is 0.966. The number of hydrogen-bond acceptors (Lipinski definition) is 4. The molecule has 1 rings (SSSR count). The lowest BCUT2D eigenvalue weighted by Crippen LogP contribution is -2.42. The lowest BCUT2D eigenvalue weighted by molar-refractivity contribution is 0.204. The zero-order chi connectivity index (χ0) is 14.3. The maximum atomic E-state index is 12.2. The highest BCUT2D eigenvalue weighted by molar-refractivity contribution is 7.90. The summed E-state index contributed by atoms with van der Waals surface area (Å²) in [6.07, 6.45) is 0.718. The summed E-state index contributed by atoms with van der Waals surface area (Å²) < 4.78 is 33.1. The Morgan fingerprint density at radius 1 is 1.32 bits per heavy atom. The standard InChI is InChI=1S/C12H21N3O3S/c1-3-9-15(12-6-4-11(13)5-7-12)19(16,17)14-8-10-18-2/h4-7,14H,3,8-10,13H2,1-2H3. The summed E-state index contributed by atoms with van der Waals surface area (Å²) in [6, 6.07) is 6.76. The first-order chi connectivity index (χ1) is 9.01. The third-order valence-corrected chi connectivity index (χ3v) is 4.03. The van der Waals surface area contributed by atoms with Crippen LogP contribution in [0.15, 0.2) is 24.3 Å². The molecule has 0 amide bonds. The Hall–Kier alpha value is -1.31. The summed E-state index contributed by atoms with van der Waals surface area (Å²) in [5, 5.41) is 0. The van der Waals surface area contributed by atoms with Crippen LogP contribution in [0.25, 0.3) is 0 Å². The third-order valence-electron chi connectivity index (χ3n) is 2.49. The molecule has 1 aromatic rings. The molecule has 0 aliphatic rings. The summed E-state index contributed by atoms with van der Waals surface area (Å²) in [5.41, 5.74) is 6.81. The molecule has 108 valence electrons. The van der Waals surface area contributed by atoms with E-state index < -0.39 is 10.2 Å². The van der Waals surface area contributed by atoms with Crippen LogP contribution in [-0.4, -0.2) is 35.2 Å². The minimum atomic E-state index is -3.56. The van der Waals surface area contributed by atoms with E-state index in [0.717, 1.165) is 6.42 Å². The molecule has 0 aromatic heterocycles. The number of methoxy groups -OCH3 is 1. The van der Waals surface area contributed by atoms with E-state index >= 15 is 0 Å². The molecule has 0 aliphatic carbocycles. The van der Waals surface area contributed by atoms with Crippen molar-refractivity contribution in [3.8, 4) is 0 Å². The molecular weight excluding hydrogens is 266 g/mol. The zero-order valence-electron chi connectivity index (χ0n) is 11.3. The van der Waals surface area contributed by atoms with Crippen LogP contribution in [0.5, 0.6) is 0 Å². The Labute approximate surface area is 114 Å². The van der Waals surface area contributed by atoms with Crippen LogP contribution in [-0.2, 0) is 14.9 Å². The van der Waals surface area contributed by atoms with Crippen LogP contribution in [0.3, 0.4) is 0 Å². The van der Waals surface area contributed by atoms with Crippen LogP contribution in [0.4, 0.5) is 11.4 Å². The number of ether oxygens (including phenoxy) is 1. The third kappa shape index (κ3) is 4.70. The first-order valence-corrected chi connectivity index (χ1v) is 7.57. The number of nitrogens with two attached hydrogens (primary N) is 1. The summed E-state index contributed by atoms with van der Waals surface area (Å²) >= 11 is 0.